The average Bonchev–Trinajstić information content (AvgIpc) is 2.31. The van der Waals surface area contributed by atoms with Gasteiger partial charge in [0.1, 0.15) is 0 Å². The number of hydrogen-bond acceptors (Lipinski definition) is 3. The van der Waals surface area contributed by atoms with Crippen molar-refractivity contribution >= 4 is 0 Å². The first-order chi connectivity index (χ1) is 7.77. The minimum atomic E-state index is 0.0267. The number of pyridine rings is 1. The minimum absolute atomic E-state index is 0.0267. The average molecular weight is 219 g/mol. The summed E-state index contributed by atoms with van der Waals surface area (Å²) in [6, 6.07) is 7.29. The third-order valence-corrected chi connectivity index (χ3v) is 2.54. The van der Waals surface area contributed by atoms with Crippen molar-refractivity contribution < 1.29 is 0 Å². The van der Waals surface area contributed by atoms with Crippen LogP contribution in [0.3, 0.4) is 0 Å². The van der Waals surface area contributed by atoms with Crippen LogP contribution in [0.2, 0.25) is 0 Å². The molecule has 4 nitrogen and oxygen atoms in total. The predicted octanol–water partition coefficient (Wildman–Crippen LogP) is 1.08. The van der Waals surface area contributed by atoms with E-state index in [1.54, 1.807) is 22.9 Å². The lowest BCUT2D eigenvalue weighted by molar-refractivity contribution is 0.281. The Bertz CT molecular complexity index is 405. The van der Waals surface area contributed by atoms with Crippen LogP contribution in [0, 0.1) is 11.3 Å². The molecule has 0 saturated heterocycles. The quantitative estimate of drug-likeness (QED) is 0.719. The zero-order valence-corrected chi connectivity index (χ0v) is 9.59. The molecule has 0 aliphatic rings. The van der Waals surface area contributed by atoms with E-state index in [1.807, 2.05) is 6.07 Å². The first kappa shape index (κ1) is 12.5. The Morgan fingerprint density at radius 3 is 2.88 bits per heavy atom. The van der Waals surface area contributed by atoms with Crippen LogP contribution >= 0.6 is 0 Å². The highest BCUT2D eigenvalue weighted by Crippen LogP contribution is 1.92. The van der Waals surface area contributed by atoms with Crippen molar-refractivity contribution in [3.8, 4) is 6.07 Å². The molecule has 4 heteroatoms. The lowest BCUT2D eigenvalue weighted by Crippen LogP contribution is -2.31. The van der Waals surface area contributed by atoms with Crippen LogP contribution in [0.5, 0.6) is 0 Å². The zero-order valence-electron chi connectivity index (χ0n) is 9.59. The minimum Gasteiger partial charge on any atom is -0.314 e. The Morgan fingerprint density at radius 1 is 1.44 bits per heavy atom. The van der Waals surface area contributed by atoms with E-state index >= 15 is 0 Å². The molecular formula is C12H17N3O. The number of rotatable bonds is 6. The van der Waals surface area contributed by atoms with Crippen LogP contribution in [0.15, 0.2) is 29.2 Å². The summed E-state index contributed by atoms with van der Waals surface area (Å²) in [4.78, 5) is 13.6. The van der Waals surface area contributed by atoms with Gasteiger partial charge in [0, 0.05) is 38.3 Å². The van der Waals surface area contributed by atoms with Gasteiger partial charge < -0.3 is 9.47 Å². The van der Waals surface area contributed by atoms with Gasteiger partial charge in [0.25, 0.3) is 5.56 Å². The molecule has 0 aliphatic heterocycles. The Morgan fingerprint density at radius 2 is 2.25 bits per heavy atom. The van der Waals surface area contributed by atoms with Crippen molar-refractivity contribution in [1.29, 1.82) is 5.26 Å². The van der Waals surface area contributed by atoms with Crippen molar-refractivity contribution in [1.82, 2.24) is 9.47 Å². The Hall–Kier alpha value is -1.60. The summed E-state index contributed by atoms with van der Waals surface area (Å²) in [6.45, 7) is 5.23. The number of hydrogen-bond donors (Lipinski definition) is 0. The fraction of sp³-hybridized carbons (Fsp3) is 0.500. The highest BCUT2D eigenvalue weighted by atomic mass is 16.1. The Balaban J connectivity index is 2.47. The largest absolute Gasteiger partial charge is 0.314 e. The molecule has 16 heavy (non-hydrogen) atoms. The van der Waals surface area contributed by atoms with Crippen LogP contribution in [-0.4, -0.2) is 29.1 Å². The fourth-order valence-electron chi connectivity index (χ4n) is 1.53. The second-order valence-corrected chi connectivity index (χ2v) is 3.57. The molecule has 0 spiro atoms. The predicted molar refractivity (Wildman–Crippen MR) is 63.0 cm³/mol. The summed E-state index contributed by atoms with van der Waals surface area (Å²) in [5, 5.41) is 8.51. The molecule has 0 atom stereocenters. The number of nitrogens with zero attached hydrogens (tertiary/aromatic N) is 3. The number of nitriles is 1. The molecule has 0 aromatic carbocycles. The van der Waals surface area contributed by atoms with Gasteiger partial charge in [0.05, 0.1) is 6.07 Å². The lowest BCUT2D eigenvalue weighted by atomic mass is 10.4. The molecule has 0 saturated carbocycles. The van der Waals surface area contributed by atoms with Crippen LogP contribution in [0.25, 0.3) is 0 Å². The molecule has 0 unspecified atom stereocenters. The summed E-state index contributed by atoms with van der Waals surface area (Å²) in [5.41, 5.74) is 0.0267. The molecule has 0 radical (unpaired) electrons. The van der Waals surface area contributed by atoms with Gasteiger partial charge in [0.15, 0.2) is 0 Å². The first-order valence-electron chi connectivity index (χ1n) is 5.52. The van der Waals surface area contributed by atoms with E-state index < -0.39 is 0 Å². The smallest absolute Gasteiger partial charge is 0.250 e. The van der Waals surface area contributed by atoms with Gasteiger partial charge in [-0.3, -0.25) is 4.79 Å². The summed E-state index contributed by atoms with van der Waals surface area (Å²) < 4.78 is 1.69. The fourth-order valence-corrected chi connectivity index (χ4v) is 1.53. The normalized spacial score (nSPS) is 10.3. The third-order valence-electron chi connectivity index (χ3n) is 2.54. The second-order valence-electron chi connectivity index (χ2n) is 3.57. The maximum absolute atomic E-state index is 11.4. The molecule has 0 fully saturated rings. The Kier molecular flexibility index (Phi) is 5.30. The third kappa shape index (κ3) is 3.87. The highest BCUT2D eigenvalue weighted by Gasteiger charge is 2.02. The maximum Gasteiger partial charge on any atom is 0.250 e. The van der Waals surface area contributed by atoms with E-state index in [4.69, 9.17) is 5.26 Å². The van der Waals surface area contributed by atoms with E-state index in [-0.39, 0.29) is 5.56 Å². The van der Waals surface area contributed by atoms with Gasteiger partial charge in [-0.1, -0.05) is 13.0 Å². The summed E-state index contributed by atoms with van der Waals surface area (Å²) >= 11 is 0. The Labute approximate surface area is 95.7 Å². The van der Waals surface area contributed by atoms with Crippen LogP contribution < -0.4 is 5.56 Å². The van der Waals surface area contributed by atoms with E-state index in [1.165, 1.54) is 0 Å². The van der Waals surface area contributed by atoms with Gasteiger partial charge >= 0.3 is 0 Å². The van der Waals surface area contributed by atoms with Crippen molar-refractivity contribution in [2.75, 3.05) is 19.6 Å². The van der Waals surface area contributed by atoms with E-state index in [9.17, 15) is 4.79 Å². The molecule has 0 N–H and O–H groups in total. The standard InChI is InChI=1S/C12H17N3O/c1-2-14(8-5-7-13)10-11-15-9-4-3-6-12(15)16/h3-4,6,9H,2,5,8,10-11H2,1H3. The first-order valence-corrected chi connectivity index (χ1v) is 5.52. The number of likely N-dealkylation sites (N-methyl/N-ethyl adjacent to an activating group) is 1. The van der Waals surface area contributed by atoms with Crippen molar-refractivity contribution in [2.24, 2.45) is 0 Å². The van der Waals surface area contributed by atoms with Gasteiger partial charge in [-0.15, -0.1) is 0 Å². The monoisotopic (exact) mass is 219 g/mol. The zero-order chi connectivity index (χ0) is 11.8. The van der Waals surface area contributed by atoms with Crippen LogP contribution in [0.1, 0.15) is 13.3 Å². The summed E-state index contributed by atoms with van der Waals surface area (Å²) in [7, 11) is 0. The molecular weight excluding hydrogens is 202 g/mol. The van der Waals surface area contributed by atoms with Crippen molar-refractivity contribution in [3.05, 3.63) is 34.7 Å². The van der Waals surface area contributed by atoms with Crippen molar-refractivity contribution in [3.63, 3.8) is 0 Å². The topological polar surface area (TPSA) is 49.0 Å². The lowest BCUT2D eigenvalue weighted by Gasteiger charge is -2.19. The molecule has 0 aliphatic carbocycles. The SMILES string of the molecule is CCN(CCC#N)CCn1ccccc1=O. The molecule has 1 aromatic heterocycles. The van der Waals surface area contributed by atoms with Gasteiger partial charge in [-0.25, -0.2) is 0 Å². The van der Waals surface area contributed by atoms with Gasteiger partial charge in [0.2, 0.25) is 0 Å². The number of aromatic nitrogens is 1. The highest BCUT2D eigenvalue weighted by molar-refractivity contribution is 4.93. The maximum atomic E-state index is 11.4. The molecule has 1 aromatic rings. The molecule has 86 valence electrons. The molecule has 1 rings (SSSR count). The van der Waals surface area contributed by atoms with Crippen LogP contribution in [-0.2, 0) is 6.54 Å². The molecule has 0 amide bonds. The van der Waals surface area contributed by atoms with E-state index in [2.05, 4.69) is 17.9 Å². The van der Waals surface area contributed by atoms with E-state index in [0.29, 0.717) is 13.0 Å². The summed E-state index contributed by atoms with van der Waals surface area (Å²) in [5.74, 6) is 0. The molecule has 0 bridgehead atoms. The summed E-state index contributed by atoms with van der Waals surface area (Å²) in [6.07, 6.45) is 2.33. The van der Waals surface area contributed by atoms with Crippen molar-refractivity contribution in [2.45, 2.75) is 19.9 Å². The van der Waals surface area contributed by atoms with Gasteiger partial charge in [-0.2, -0.15) is 5.26 Å². The van der Waals surface area contributed by atoms with E-state index in [0.717, 1.165) is 19.6 Å². The van der Waals surface area contributed by atoms with Crippen LogP contribution in [0.4, 0.5) is 0 Å². The second kappa shape index (κ2) is 6.81. The van der Waals surface area contributed by atoms with Gasteiger partial charge in [-0.05, 0) is 12.6 Å². The molecule has 1 heterocycles.